The minimum atomic E-state index is -0.322. The fourth-order valence-electron chi connectivity index (χ4n) is 2.72. The van der Waals surface area contributed by atoms with Gasteiger partial charge >= 0.3 is 5.97 Å². The van der Waals surface area contributed by atoms with E-state index < -0.39 is 0 Å². The number of aliphatic imine (C=N–C) groups is 1. The fourth-order valence-corrected chi connectivity index (χ4v) is 3.96. The van der Waals surface area contributed by atoms with Gasteiger partial charge in [-0.2, -0.15) is 0 Å². The van der Waals surface area contributed by atoms with Crippen molar-refractivity contribution in [1.29, 1.82) is 0 Å². The molecule has 150 valence electrons. The van der Waals surface area contributed by atoms with E-state index >= 15 is 0 Å². The minimum Gasteiger partial charge on any atom is -0.465 e. The molecule has 0 saturated heterocycles. The maximum absolute atomic E-state index is 11.5. The number of nitrogens with zero attached hydrogens (tertiary/aromatic N) is 1. The predicted octanol–water partition coefficient (Wildman–Crippen LogP) is 4.08. The molecule has 1 aliphatic rings. The molecule has 7 heteroatoms. The molecule has 1 fully saturated rings. The number of nitrogens with one attached hydrogen (secondary N) is 2. The lowest BCUT2D eigenvalue weighted by molar-refractivity contribution is 0.0600. The monoisotopic (exact) mass is 511 g/mol. The number of hydrogen-bond donors (Lipinski definition) is 2. The Kier molecular flexibility index (Phi) is 8.62. The van der Waals surface area contributed by atoms with E-state index in [4.69, 9.17) is 4.74 Å². The number of carbonyl (C=O) groups is 1. The first kappa shape index (κ1) is 22.5. The Bertz CT molecular complexity index is 793. The summed E-state index contributed by atoms with van der Waals surface area (Å²) in [6, 6.07) is 17.9. The molecule has 28 heavy (non-hydrogen) atoms. The van der Waals surface area contributed by atoms with E-state index in [0.717, 1.165) is 18.1 Å². The van der Waals surface area contributed by atoms with Crippen LogP contribution in [-0.2, 0) is 11.3 Å². The number of hydrogen-bond acceptors (Lipinski definition) is 4. The number of guanidine groups is 1. The van der Waals surface area contributed by atoms with Gasteiger partial charge < -0.3 is 15.4 Å². The van der Waals surface area contributed by atoms with Crippen molar-refractivity contribution in [3.05, 3.63) is 65.7 Å². The van der Waals surface area contributed by atoms with Gasteiger partial charge in [-0.3, -0.25) is 4.99 Å². The van der Waals surface area contributed by atoms with E-state index in [1.807, 2.05) is 30.0 Å². The summed E-state index contributed by atoms with van der Waals surface area (Å²) in [5, 5.41) is 6.77. The highest BCUT2D eigenvalue weighted by Gasteiger charge is 2.43. The highest BCUT2D eigenvalue weighted by molar-refractivity contribution is 14.0. The molecule has 0 radical (unpaired) electrons. The first-order chi connectivity index (χ1) is 13.1. The second kappa shape index (κ2) is 10.7. The molecule has 0 aromatic heterocycles. The molecule has 0 atom stereocenters. The summed E-state index contributed by atoms with van der Waals surface area (Å²) in [4.78, 5) is 17.1. The largest absolute Gasteiger partial charge is 0.465 e. The number of benzene rings is 2. The van der Waals surface area contributed by atoms with Crippen LogP contribution in [0.1, 0.15) is 28.8 Å². The van der Waals surface area contributed by atoms with Gasteiger partial charge in [-0.25, -0.2) is 4.79 Å². The number of ether oxygens (including phenoxy) is 1. The summed E-state index contributed by atoms with van der Waals surface area (Å²) >= 11 is 1.94. The number of rotatable bonds is 7. The summed E-state index contributed by atoms with van der Waals surface area (Å²) in [6.07, 6.45) is 2.43. The zero-order chi connectivity index (χ0) is 19.1. The van der Waals surface area contributed by atoms with Gasteiger partial charge in [0.2, 0.25) is 0 Å². The van der Waals surface area contributed by atoms with E-state index in [9.17, 15) is 4.79 Å². The molecule has 2 aromatic carbocycles. The summed E-state index contributed by atoms with van der Waals surface area (Å²) in [5.74, 6) is 0.463. The van der Waals surface area contributed by atoms with Crippen molar-refractivity contribution >= 4 is 47.7 Å². The molecule has 0 bridgehead atoms. The van der Waals surface area contributed by atoms with Gasteiger partial charge in [0.15, 0.2) is 5.96 Å². The highest BCUT2D eigenvalue weighted by atomic mass is 127. The lowest BCUT2D eigenvalue weighted by Crippen LogP contribution is -2.40. The smallest absolute Gasteiger partial charge is 0.337 e. The van der Waals surface area contributed by atoms with Gasteiger partial charge in [0.1, 0.15) is 0 Å². The van der Waals surface area contributed by atoms with Crippen molar-refractivity contribution in [2.75, 3.05) is 20.7 Å². The number of methoxy groups -OCH3 is 1. The number of halogens is 1. The average Bonchev–Trinajstić information content (AvgIpc) is 3.48. The first-order valence-electron chi connectivity index (χ1n) is 9.00. The third kappa shape index (κ3) is 6.41. The zero-order valence-corrected chi connectivity index (χ0v) is 19.3. The highest BCUT2D eigenvalue weighted by Crippen LogP contribution is 2.51. The molecule has 0 amide bonds. The van der Waals surface area contributed by atoms with Gasteiger partial charge in [0.25, 0.3) is 0 Å². The lowest BCUT2D eigenvalue weighted by Gasteiger charge is -2.18. The molecule has 5 nitrogen and oxygen atoms in total. The van der Waals surface area contributed by atoms with Gasteiger partial charge in [0.05, 0.1) is 12.7 Å². The number of esters is 1. The topological polar surface area (TPSA) is 62.7 Å². The molecule has 0 heterocycles. The van der Waals surface area contributed by atoms with Crippen LogP contribution in [0.2, 0.25) is 0 Å². The lowest BCUT2D eigenvalue weighted by atomic mass is 10.1. The summed E-state index contributed by atoms with van der Waals surface area (Å²) in [7, 11) is 3.16. The molecule has 1 aliphatic carbocycles. The second-order valence-electron chi connectivity index (χ2n) is 6.57. The van der Waals surface area contributed by atoms with Crippen LogP contribution < -0.4 is 10.6 Å². The normalized spacial score (nSPS) is 14.6. The Morgan fingerprint density at radius 1 is 1.11 bits per heavy atom. The van der Waals surface area contributed by atoms with Crippen LogP contribution >= 0.6 is 35.7 Å². The Balaban J connectivity index is 0.00000280. The summed E-state index contributed by atoms with van der Waals surface area (Å²) < 4.78 is 4.98. The van der Waals surface area contributed by atoms with Crippen molar-refractivity contribution in [3.8, 4) is 0 Å². The molecular weight excluding hydrogens is 485 g/mol. The van der Waals surface area contributed by atoms with Crippen molar-refractivity contribution in [3.63, 3.8) is 0 Å². The molecule has 2 aromatic rings. The van der Waals surface area contributed by atoms with Gasteiger partial charge in [-0.1, -0.05) is 30.3 Å². The number of carbonyl (C=O) groups excluding carboxylic acids is 1. The summed E-state index contributed by atoms with van der Waals surface area (Å²) in [6.45, 7) is 1.52. The molecule has 1 saturated carbocycles. The molecule has 0 unspecified atom stereocenters. The van der Waals surface area contributed by atoms with Crippen LogP contribution in [0.15, 0.2) is 64.5 Å². The number of thioether (sulfide) groups is 1. The van der Waals surface area contributed by atoms with Crippen LogP contribution in [-0.4, -0.2) is 37.4 Å². The van der Waals surface area contributed by atoms with E-state index in [0.29, 0.717) is 12.1 Å². The Morgan fingerprint density at radius 3 is 2.36 bits per heavy atom. The Morgan fingerprint density at radius 2 is 1.79 bits per heavy atom. The van der Waals surface area contributed by atoms with E-state index in [-0.39, 0.29) is 34.7 Å². The fraction of sp³-hybridized carbons (Fsp3) is 0.333. The predicted molar refractivity (Wildman–Crippen MR) is 126 cm³/mol. The van der Waals surface area contributed by atoms with Gasteiger partial charge in [-0.05, 0) is 42.7 Å². The van der Waals surface area contributed by atoms with Crippen molar-refractivity contribution < 1.29 is 9.53 Å². The molecular formula is C21H26IN3O2S. The SMILES string of the molecule is CN=C(NCc1ccc(C(=O)OC)cc1)NCC1(Sc2ccccc2)CC1.I. The Labute approximate surface area is 187 Å². The minimum absolute atomic E-state index is 0. The standard InChI is InChI=1S/C21H25N3O2S.HI/c1-22-20(23-14-16-8-10-17(11-9-16)19(25)26-2)24-15-21(12-13-21)27-18-6-4-3-5-7-18;/h3-11H,12-15H2,1-2H3,(H2,22,23,24);1H. The third-order valence-corrected chi connectivity index (χ3v) is 6.02. The van der Waals surface area contributed by atoms with Crippen molar-refractivity contribution in [1.82, 2.24) is 10.6 Å². The van der Waals surface area contributed by atoms with E-state index in [1.165, 1.54) is 24.8 Å². The van der Waals surface area contributed by atoms with Crippen molar-refractivity contribution in [2.45, 2.75) is 29.0 Å². The molecule has 0 aliphatic heterocycles. The van der Waals surface area contributed by atoms with Crippen LogP contribution in [0, 0.1) is 0 Å². The molecule has 2 N–H and O–H groups in total. The summed E-state index contributed by atoms with van der Waals surface area (Å²) in [5.41, 5.74) is 1.63. The zero-order valence-electron chi connectivity index (χ0n) is 16.1. The average molecular weight is 511 g/mol. The molecule has 0 spiro atoms. The third-order valence-electron chi connectivity index (χ3n) is 4.52. The van der Waals surface area contributed by atoms with Gasteiger partial charge in [0, 0.05) is 29.8 Å². The maximum atomic E-state index is 11.5. The van der Waals surface area contributed by atoms with E-state index in [1.54, 1.807) is 19.2 Å². The van der Waals surface area contributed by atoms with Crippen LogP contribution in [0.25, 0.3) is 0 Å². The van der Waals surface area contributed by atoms with Crippen molar-refractivity contribution in [2.24, 2.45) is 4.99 Å². The first-order valence-corrected chi connectivity index (χ1v) is 9.82. The maximum Gasteiger partial charge on any atom is 0.337 e. The Hall–Kier alpha value is -1.74. The van der Waals surface area contributed by atoms with E-state index in [2.05, 4.69) is 39.9 Å². The van der Waals surface area contributed by atoms with Gasteiger partial charge in [-0.15, -0.1) is 35.7 Å². The van der Waals surface area contributed by atoms with Crippen LogP contribution in [0.3, 0.4) is 0 Å². The second-order valence-corrected chi connectivity index (χ2v) is 8.11. The van der Waals surface area contributed by atoms with Crippen LogP contribution in [0.5, 0.6) is 0 Å². The molecule has 3 rings (SSSR count). The quantitative estimate of drug-likeness (QED) is 0.254. The van der Waals surface area contributed by atoms with Crippen LogP contribution in [0.4, 0.5) is 0 Å².